The normalized spacial score (nSPS) is 12.2. The Labute approximate surface area is 243 Å². The highest BCUT2D eigenvalue weighted by Crippen LogP contribution is 2.15. The van der Waals surface area contributed by atoms with E-state index in [0.717, 1.165) is 11.1 Å². The van der Waals surface area contributed by atoms with Crippen molar-refractivity contribution < 1.29 is 47.1 Å². The van der Waals surface area contributed by atoms with E-state index in [9.17, 15) is 25.5 Å². The SMILES string of the molecule is Cc1ccc(S(=O)(=O)NC(Cc2ccccc2)C(=O)Nc2ccc[n+](Cc3ccc(S(=O)(=O)F)cc3)c2)cc1.[Br-]. The molecule has 1 amide bonds. The lowest BCUT2D eigenvalue weighted by Gasteiger charge is -2.19. The number of nitrogens with zero attached hydrogens (tertiary/aromatic N) is 1. The highest BCUT2D eigenvalue weighted by molar-refractivity contribution is 7.89. The predicted molar refractivity (Wildman–Crippen MR) is 145 cm³/mol. The van der Waals surface area contributed by atoms with Gasteiger partial charge >= 0.3 is 10.2 Å². The van der Waals surface area contributed by atoms with Crippen LogP contribution in [0.25, 0.3) is 0 Å². The van der Waals surface area contributed by atoms with Crippen LogP contribution in [-0.2, 0) is 38.0 Å². The molecule has 1 unspecified atom stereocenters. The van der Waals surface area contributed by atoms with E-state index in [0.29, 0.717) is 17.8 Å². The molecule has 0 aliphatic rings. The number of halogens is 2. The molecule has 1 heterocycles. The quantitative estimate of drug-likeness (QED) is 0.193. The van der Waals surface area contributed by atoms with Gasteiger partial charge in [-0.15, -0.1) is 3.89 Å². The average molecular weight is 649 g/mol. The van der Waals surface area contributed by atoms with Crippen LogP contribution in [0.5, 0.6) is 0 Å². The Morgan fingerprint density at radius 3 is 2.08 bits per heavy atom. The molecular weight excluding hydrogens is 621 g/mol. The van der Waals surface area contributed by atoms with Crippen LogP contribution < -0.4 is 31.6 Å². The third-order valence-electron chi connectivity index (χ3n) is 5.92. The van der Waals surface area contributed by atoms with E-state index in [1.54, 1.807) is 41.2 Å². The van der Waals surface area contributed by atoms with Gasteiger partial charge < -0.3 is 22.3 Å². The smallest absolute Gasteiger partial charge is 0.332 e. The molecule has 210 valence electrons. The minimum atomic E-state index is -4.78. The Bertz CT molecular complexity index is 1670. The lowest BCUT2D eigenvalue weighted by atomic mass is 10.1. The van der Waals surface area contributed by atoms with E-state index in [4.69, 9.17) is 0 Å². The number of sulfonamides is 1. The number of hydrogen-bond donors (Lipinski definition) is 2. The van der Waals surface area contributed by atoms with Crippen LogP contribution in [0.1, 0.15) is 16.7 Å². The van der Waals surface area contributed by atoms with Gasteiger partial charge in [0, 0.05) is 11.6 Å². The summed E-state index contributed by atoms with van der Waals surface area (Å²) in [5.41, 5.74) is 2.83. The van der Waals surface area contributed by atoms with E-state index < -0.39 is 37.1 Å². The van der Waals surface area contributed by atoms with Crippen LogP contribution in [0.2, 0.25) is 0 Å². The van der Waals surface area contributed by atoms with Crippen molar-refractivity contribution in [3.05, 3.63) is 120 Å². The first-order valence-corrected chi connectivity index (χ1v) is 14.8. The molecule has 0 saturated heterocycles. The van der Waals surface area contributed by atoms with E-state index in [1.165, 1.54) is 36.4 Å². The van der Waals surface area contributed by atoms with Gasteiger partial charge in [-0.3, -0.25) is 4.79 Å². The number of carbonyl (C=O) groups excluding carboxylic acids is 1. The summed E-state index contributed by atoms with van der Waals surface area (Å²) in [7, 11) is -8.76. The minimum absolute atomic E-state index is 0. The third-order valence-corrected chi connectivity index (χ3v) is 8.25. The average Bonchev–Trinajstić information content (AvgIpc) is 2.89. The zero-order valence-electron chi connectivity index (χ0n) is 21.4. The molecule has 3 aromatic carbocycles. The number of hydrogen-bond acceptors (Lipinski definition) is 5. The second kappa shape index (κ2) is 13.3. The summed E-state index contributed by atoms with van der Waals surface area (Å²) >= 11 is 0. The molecule has 1 atom stereocenters. The van der Waals surface area contributed by atoms with E-state index >= 15 is 0 Å². The van der Waals surface area contributed by atoms with E-state index in [2.05, 4.69) is 10.0 Å². The maximum absolute atomic E-state index is 13.3. The Morgan fingerprint density at radius 2 is 1.45 bits per heavy atom. The van der Waals surface area contributed by atoms with Gasteiger partial charge in [0.2, 0.25) is 15.9 Å². The van der Waals surface area contributed by atoms with Crippen molar-refractivity contribution in [3.63, 3.8) is 0 Å². The molecule has 0 spiro atoms. The van der Waals surface area contributed by atoms with Crippen molar-refractivity contribution in [1.29, 1.82) is 0 Å². The monoisotopic (exact) mass is 647 g/mol. The Hall–Kier alpha value is -3.45. The van der Waals surface area contributed by atoms with Gasteiger partial charge in [-0.1, -0.05) is 60.2 Å². The molecule has 4 rings (SSSR count). The fourth-order valence-electron chi connectivity index (χ4n) is 3.90. The highest BCUT2D eigenvalue weighted by Gasteiger charge is 2.27. The summed E-state index contributed by atoms with van der Waals surface area (Å²) < 4.78 is 65.7. The van der Waals surface area contributed by atoms with Gasteiger partial charge in [0.25, 0.3) is 0 Å². The molecule has 0 bridgehead atoms. The number of pyridine rings is 1. The van der Waals surface area contributed by atoms with Gasteiger partial charge in [-0.25, -0.2) is 8.42 Å². The van der Waals surface area contributed by atoms with Gasteiger partial charge in [-0.05, 0) is 49.2 Å². The van der Waals surface area contributed by atoms with Gasteiger partial charge in [0.05, 0.1) is 9.79 Å². The Balaban J connectivity index is 0.00000441. The zero-order chi connectivity index (χ0) is 28.0. The van der Waals surface area contributed by atoms with Gasteiger partial charge in [-0.2, -0.15) is 17.7 Å². The number of aryl methyl sites for hydroxylation is 1. The molecule has 0 aliphatic carbocycles. The Morgan fingerprint density at radius 1 is 0.825 bits per heavy atom. The van der Waals surface area contributed by atoms with E-state index in [-0.39, 0.29) is 28.3 Å². The van der Waals surface area contributed by atoms with Crippen LogP contribution in [-0.4, -0.2) is 28.8 Å². The number of aromatic nitrogens is 1. The molecule has 0 aliphatic heterocycles. The summed E-state index contributed by atoms with van der Waals surface area (Å²) in [6.45, 7) is 2.18. The minimum Gasteiger partial charge on any atom is -1.00 e. The summed E-state index contributed by atoms with van der Waals surface area (Å²) in [6, 6.07) is 23.1. The predicted octanol–water partition coefficient (Wildman–Crippen LogP) is 0.521. The maximum Gasteiger partial charge on any atom is 0.332 e. The first kappa shape index (κ1) is 31.1. The van der Waals surface area contributed by atoms with Crippen molar-refractivity contribution in [3.8, 4) is 0 Å². The van der Waals surface area contributed by atoms with Crippen molar-refractivity contribution in [2.24, 2.45) is 0 Å². The van der Waals surface area contributed by atoms with Crippen molar-refractivity contribution in [2.45, 2.75) is 35.7 Å². The zero-order valence-corrected chi connectivity index (χ0v) is 24.6. The highest BCUT2D eigenvalue weighted by atomic mass is 79.9. The first-order valence-electron chi connectivity index (χ1n) is 12.0. The fraction of sp³-hybridized carbons (Fsp3) is 0.143. The van der Waals surface area contributed by atoms with Crippen LogP contribution in [0.15, 0.2) is 113 Å². The van der Waals surface area contributed by atoms with Crippen molar-refractivity contribution in [2.75, 3.05) is 5.32 Å². The summed E-state index contributed by atoms with van der Waals surface area (Å²) in [4.78, 5) is 13.0. The number of rotatable bonds is 10. The fourth-order valence-corrected chi connectivity index (χ4v) is 5.56. The topological polar surface area (TPSA) is 113 Å². The number of benzene rings is 3. The second-order valence-corrected chi connectivity index (χ2v) is 12.1. The third kappa shape index (κ3) is 8.52. The first-order chi connectivity index (χ1) is 18.5. The molecule has 0 radical (unpaired) electrons. The van der Waals surface area contributed by atoms with Crippen molar-refractivity contribution in [1.82, 2.24) is 4.72 Å². The lowest BCUT2D eigenvalue weighted by Crippen LogP contribution is -3.00. The summed E-state index contributed by atoms with van der Waals surface area (Å²) in [5, 5.41) is 2.79. The molecule has 8 nitrogen and oxygen atoms in total. The maximum atomic E-state index is 13.3. The molecule has 0 saturated carbocycles. The second-order valence-electron chi connectivity index (χ2n) is 9.01. The lowest BCUT2D eigenvalue weighted by molar-refractivity contribution is -0.687. The molecule has 40 heavy (non-hydrogen) atoms. The molecule has 12 heteroatoms. The van der Waals surface area contributed by atoms with Crippen LogP contribution >= 0.6 is 0 Å². The molecule has 2 N–H and O–H groups in total. The number of nitrogens with one attached hydrogen (secondary N) is 2. The number of anilines is 1. The van der Waals surface area contributed by atoms with Crippen LogP contribution in [0.4, 0.5) is 9.57 Å². The number of amides is 1. The van der Waals surface area contributed by atoms with Crippen molar-refractivity contribution >= 4 is 31.8 Å². The largest absolute Gasteiger partial charge is 1.00 e. The Kier molecular flexibility index (Phi) is 10.3. The summed E-state index contributed by atoms with van der Waals surface area (Å²) in [6.07, 6.45) is 3.54. The molecular formula is C28H27BrFN3O5S2. The van der Waals surface area contributed by atoms with E-state index in [1.807, 2.05) is 37.3 Å². The molecule has 4 aromatic rings. The van der Waals surface area contributed by atoms with Gasteiger partial charge in [0.15, 0.2) is 18.9 Å². The summed E-state index contributed by atoms with van der Waals surface area (Å²) in [5.74, 6) is -0.537. The number of carbonyl (C=O) groups is 1. The standard InChI is InChI=1S/C28H26FN3O5S2.BrH/c1-21-9-13-26(14-10-21)39(36,37)31-27(18-22-6-3-2-4-7-22)28(33)30-24-8-5-17-32(20-24)19-23-11-15-25(16-12-23)38(29,34)35;/h2-17,20,27,31H,18-19H2,1H3;1H. The van der Waals surface area contributed by atoms with Gasteiger partial charge in [0.1, 0.15) is 11.7 Å². The van der Waals surface area contributed by atoms with Crippen LogP contribution in [0.3, 0.4) is 0 Å². The van der Waals surface area contributed by atoms with Crippen LogP contribution in [0, 0.1) is 6.92 Å². The molecule has 1 aromatic heterocycles. The molecule has 0 fully saturated rings.